The lowest BCUT2D eigenvalue weighted by Gasteiger charge is -2.13. The highest BCUT2D eigenvalue weighted by molar-refractivity contribution is 7.16. The number of aromatic nitrogens is 1. The van der Waals surface area contributed by atoms with Crippen molar-refractivity contribution >= 4 is 28.1 Å². The molecular formula is C11H14ClN3S. The molecule has 0 aromatic carbocycles. The van der Waals surface area contributed by atoms with Crippen LogP contribution >= 0.6 is 22.9 Å². The molecule has 16 heavy (non-hydrogen) atoms. The van der Waals surface area contributed by atoms with E-state index in [0.29, 0.717) is 15.4 Å². The van der Waals surface area contributed by atoms with Crippen molar-refractivity contribution in [3.8, 4) is 6.07 Å². The molecule has 1 aliphatic carbocycles. The molecular weight excluding hydrogens is 242 g/mol. The van der Waals surface area contributed by atoms with Crippen molar-refractivity contribution in [2.45, 2.75) is 32.6 Å². The average molecular weight is 256 g/mol. The van der Waals surface area contributed by atoms with Crippen molar-refractivity contribution in [2.75, 3.05) is 11.9 Å². The van der Waals surface area contributed by atoms with Crippen LogP contribution < -0.4 is 5.32 Å². The second-order valence-electron chi connectivity index (χ2n) is 4.35. The highest BCUT2D eigenvalue weighted by atomic mass is 35.5. The first-order valence-corrected chi connectivity index (χ1v) is 6.69. The van der Waals surface area contributed by atoms with Crippen LogP contribution in [0.3, 0.4) is 0 Å². The fraction of sp³-hybridized carbons (Fsp3) is 0.636. The minimum absolute atomic E-state index is 0.315. The van der Waals surface area contributed by atoms with Gasteiger partial charge in [0.05, 0.1) is 0 Å². The normalized spacial score (nSPS) is 16.8. The zero-order chi connectivity index (χ0) is 11.6. The van der Waals surface area contributed by atoms with E-state index in [2.05, 4.69) is 17.2 Å². The van der Waals surface area contributed by atoms with E-state index < -0.39 is 0 Å². The number of nitrogens with zero attached hydrogens (tertiary/aromatic N) is 2. The summed E-state index contributed by atoms with van der Waals surface area (Å²) in [6, 6.07) is 2.04. The molecule has 0 radical (unpaired) electrons. The Labute approximate surface area is 104 Å². The van der Waals surface area contributed by atoms with Gasteiger partial charge < -0.3 is 5.32 Å². The first kappa shape index (κ1) is 11.7. The van der Waals surface area contributed by atoms with Gasteiger partial charge in [0, 0.05) is 6.54 Å². The van der Waals surface area contributed by atoms with Crippen molar-refractivity contribution in [1.82, 2.24) is 4.98 Å². The molecule has 2 rings (SSSR count). The molecule has 3 nitrogen and oxygen atoms in total. The Morgan fingerprint density at radius 1 is 1.62 bits per heavy atom. The smallest absolute Gasteiger partial charge is 0.185 e. The number of anilines is 1. The van der Waals surface area contributed by atoms with E-state index in [0.717, 1.165) is 11.7 Å². The molecule has 0 saturated heterocycles. The zero-order valence-corrected chi connectivity index (χ0v) is 10.8. The van der Waals surface area contributed by atoms with Crippen molar-refractivity contribution in [3.63, 3.8) is 0 Å². The largest absolute Gasteiger partial charge is 0.361 e. The third kappa shape index (κ3) is 2.47. The fourth-order valence-electron chi connectivity index (χ4n) is 1.93. The number of thiazole rings is 1. The van der Waals surface area contributed by atoms with E-state index in [9.17, 15) is 0 Å². The van der Waals surface area contributed by atoms with Gasteiger partial charge in [-0.2, -0.15) is 5.26 Å². The SMILES string of the molecule is CCCC1(CNc2nc(Cl)c(C#N)s2)CC1. The van der Waals surface area contributed by atoms with Gasteiger partial charge in [0.1, 0.15) is 10.9 Å². The van der Waals surface area contributed by atoms with E-state index in [1.807, 2.05) is 6.07 Å². The van der Waals surface area contributed by atoms with Crippen LogP contribution in [0.4, 0.5) is 5.13 Å². The maximum atomic E-state index is 8.76. The van der Waals surface area contributed by atoms with Crippen LogP contribution in [0.2, 0.25) is 5.15 Å². The van der Waals surface area contributed by atoms with E-state index in [1.54, 1.807) is 0 Å². The van der Waals surface area contributed by atoms with Crippen LogP contribution in [0.1, 0.15) is 37.5 Å². The van der Waals surface area contributed by atoms with Gasteiger partial charge in [0.25, 0.3) is 0 Å². The lowest BCUT2D eigenvalue weighted by Crippen LogP contribution is -2.14. The summed E-state index contributed by atoms with van der Waals surface area (Å²) in [5, 5.41) is 13.1. The van der Waals surface area contributed by atoms with Gasteiger partial charge in [0.15, 0.2) is 10.3 Å². The zero-order valence-electron chi connectivity index (χ0n) is 9.22. The minimum Gasteiger partial charge on any atom is -0.361 e. The summed E-state index contributed by atoms with van der Waals surface area (Å²) in [4.78, 5) is 4.61. The minimum atomic E-state index is 0.315. The van der Waals surface area contributed by atoms with Crippen LogP contribution in [0.5, 0.6) is 0 Å². The molecule has 0 atom stereocenters. The Bertz CT molecular complexity index is 417. The van der Waals surface area contributed by atoms with Gasteiger partial charge in [0.2, 0.25) is 0 Å². The predicted octanol–water partition coefficient (Wildman–Crippen LogP) is 3.66. The molecule has 0 aliphatic heterocycles. The Kier molecular flexibility index (Phi) is 3.36. The molecule has 0 bridgehead atoms. The maximum absolute atomic E-state index is 8.76. The highest BCUT2D eigenvalue weighted by Crippen LogP contribution is 2.49. The molecule has 1 aliphatic rings. The molecule has 86 valence electrons. The number of nitriles is 1. The highest BCUT2D eigenvalue weighted by Gasteiger charge is 2.41. The number of halogens is 1. The number of rotatable bonds is 5. The van der Waals surface area contributed by atoms with Crippen LogP contribution in [0.15, 0.2) is 0 Å². The molecule has 1 aromatic heterocycles. The van der Waals surface area contributed by atoms with Gasteiger partial charge in [-0.25, -0.2) is 4.98 Å². The monoisotopic (exact) mass is 255 g/mol. The lowest BCUT2D eigenvalue weighted by molar-refractivity contribution is 0.485. The summed E-state index contributed by atoms with van der Waals surface area (Å²) < 4.78 is 0. The topological polar surface area (TPSA) is 48.7 Å². The van der Waals surface area contributed by atoms with Crippen molar-refractivity contribution in [3.05, 3.63) is 10.0 Å². The van der Waals surface area contributed by atoms with Crippen LogP contribution in [0, 0.1) is 16.7 Å². The molecule has 1 fully saturated rings. The van der Waals surface area contributed by atoms with Crippen LogP contribution in [-0.4, -0.2) is 11.5 Å². The third-order valence-corrected chi connectivity index (χ3v) is 4.34. The summed E-state index contributed by atoms with van der Waals surface area (Å²) >= 11 is 7.14. The van der Waals surface area contributed by atoms with Crippen molar-refractivity contribution in [1.29, 1.82) is 5.26 Å². The summed E-state index contributed by atoms with van der Waals surface area (Å²) in [5.74, 6) is 0. The molecule has 0 spiro atoms. The van der Waals surface area contributed by atoms with E-state index in [1.165, 1.54) is 37.0 Å². The lowest BCUT2D eigenvalue weighted by atomic mass is 10.0. The Morgan fingerprint density at radius 2 is 2.38 bits per heavy atom. The van der Waals surface area contributed by atoms with Gasteiger partial charge >= 0.3 is 0 Å². The van der Waals surface area contributed by atoms with Crippen molar-refractivity contribution < 1.29 is 0 Å². The van der Waals surface area contributed by atoms with Gasteiger partial charge in [-0.05, 0) is 24.7 Å². The van der Waals surface area contributed by atoms with Gasteiger partial charge in [-0.15, -0.1) is 0 Å². The number of hydrogen-bond acceptors (Lipinski definition) is 4. The summed E-state index contributed by atoms with van der Waals surface area (Å²) in [6.07, 6.45) is 5.10. The molecule has 0 unspecified atom stereocenters. The van der Waals surface area contributed by atoms with Crippen LogP contribution in [-0.2, 0) is 0 Å². The average Bonchev–Trinajstić information content (AvgIpc) is 2.93. The first-order chi connectivity index (χ1) is 7.69. The summed E-state index contributed by atoms with van der Waals surface area (Å²) in [6.45, 7) is 3.17. The molecule has 1 saturated carbocycles. The molecule has 0 amide bonds. The van der Waals surface area contributed by atoms with E-state index in [4.69, 9.17) is 16.9 Å². The summed E-state index contributed by atoms with van der Waals surface area (Å²) in [5.41, 5.74) is 0.486. The third-order valence-electron chi connectivity index (χ3n) is 3.04. The van der Waals surface area contributed by atoms with Gasteiger partial charge in [-0.3, -0.25) is 0 Å². The van der Waals surface area contributed by atoms with E-state index in [-0.39, 0.29) is 0 Å². The second-order valence-corrected chi connectivity index (χ2v) is 5.71. The molecule has 5 heteroatoms. The number of nitrogens with one attached hydrogen (secondary N) is 1. The van der Waals surface area contributed by atoms with Crippen molar-refractivity contribution in [2.24, 2.45) is 5.41 Å². The maximum Gasteiger partial charge on any atom is 0.185 e. The Morgan fingerprint density at radius 3 is 2.88 bits per heavy atom. The first-order valence-electron chi connectivity index (χ1n) is 5.49. The summed E-state index contributed by atoms with van der Waals surface area (Å²) in [7, 11) is 0. The quantitative estimate of drug-likeness (QED) is 0.874. The molecule has 1 aromatic rings. The molecule has 1 N–H and O–H groups in total. The number of hydrogen-bond donors (Lipinski definition) is 1. The molecule has 1 heterocycles. The predicted molar refractivity (Wildman–Crippen MR) is 66.9 cm³/mol. The second kappa shape index (κ2) is 4.60. The fourth-order valence-corrected chi connectivity index (χ4v) is 2.87. The Balaban J connectivity index is 1.93. The standard InChI is InChI=1S/C11H14ClN3S/c1-2-3-11(4-5-11)7-14-10-15-9(12)8(6-13)16-10/h2-5,7H2,1H3,(H,14,15). The Hall–Kier alpha value is -0.790. The van der Waals surface area contributed by atoms with Crippen LogP contribution in [0.25, 0.3) is 0 Å². The van der Waals surface area contributed by atoms with E-state index >= 15 is 0 Å². The van der Waals surface area contributed by atoms with Gasteiger partial charge in [-0.1, -0.05) is 36.3 Å².